The van der Waals surface area contributed by atoms with Gasteiger partial charge in [0.2, 0.25) is 0 Å². The number of nitrogens with zero attached hydrogens (tertiary/aromatic N) is 1. The number of benzene rings is 10. The van der Waals surface area contributed by atoms with Crippen molar-refractivity contribution in [1.82, 2.24) is 0 Å². The topological polar surface area (TPSA) is 12.4 Å². The van der Waals surface area contributed by atoms with Gasteiger partial charge in [-0.1, -0.05) is 182 Å². The van der Waals surface area contributed by atoms with Crippen molar-refractivity contribution in [3.63, 3.8) is 0 Å². The number of para-hydroxylation sites is 1. The van der Waals surface area contributed by atoms with Crippen LogP contribution < -0.4 is 0 Å². The van der Waals surface area contributed by atoms with Gasteiger partial charge in [0.25, 0.3) is 0 Å². The lowest BCUT2D eigenvalue weighted by Gasteiger charge is -2.19. The average molecular weight is 714 g/mol. The molecule has 0 amide bonds. The third-order valence-corrected chi connectivity index (χ3v) is 11.2. The minimum atomic E-state index is 0.754. The molecule has 0 N–H and O–H groups in total. The molecule has 0 unspecified atom stereocenters. The fourth-order valence-corrected chi connectivity index (χ4v) is 8.35. The molecule has 0 saturated heterocycles. The number of hydrogen-bond donors (Lipinski definition) is 0. The molecule has 10 aromatic rings. The summed E-state index contributed by atoms with van der Waals surface area (Å²) in [5, 5.41) is 9.99. The van der Waals surface area contributed by atoms with Crippen molar-refractivity contribution < 1.29 is 0 Å². The van der Waals surface area contributed by atoms with E-state index in [-0.39, 0.29) is 0 Å². The lowest BCUT2D eigenvalue weighted by atomic mass is 9.84. The van der Waals surface area contributed by atoms with Gasteiger partial charge in [0.05, 0.1) is 11.4 Å². The SMILES string of the molecule is Cc1ccccc1/N=C(\Cc1ccccc1)c1ccc(-c2ccc3c(-c4ccc5ccccc5c4)c4ccccc4c(-c4ccc5ccccc5c4)c3c2)cc1. The van der Waals surface area contributed by atoms with Crippen LogP contribution in [0.2, 0.25) is 0 Å². The minimum absolute atomic E-state index is 0.754. The van der Waals surface area contributed by atoms with Crippen molar-refractivity contribution in [3.8, 4) is 33.4 Å². The molecule has 0 aromatic heterocycles. The molecule has 0 fully saturated rings. The van der Waals surface area contributed by atoms with Crippen molar-refractivity contribution >= 4 is 54.5 Å². The molecule has 0 atom stereocenters. The fraction of sp³-hybridized carbons (Fsp3) is 0.0364. The van der Waals surface area contributed by atoms with E-state index in [0.29, 0.717) is 0 Å². The zero-order valence-corrected chi connectivity index (χ0v) is 31.3. The van der Waals surface area contributed by atoms with Crippen LogP contribution in [0.5, 0.6) is 0 Å². The maximum atomic E-state index is 5.24. The molecule has 10 rings (SSSR count). The molecule has 0 saturated carbocycles. The Morgan fingerprint density at radius 3 is 1.52 bits per heavy atom. The van der Waals surface area contributed by atoms with E-state index in [4.69, 9.17) is 4.99 Å². The molecule has 264 valence electrons. The third-order valence-electron chi connectivity index (χ3n) is 11.2. The molecule has 10 aromatic carbocycles. The molecule has 0 aliphatic rings. The Kier molecular flexibility index (Phi) is 8.54. The van der Waals surface area contributed by atoms with Crippen LogP contribution in [0.4, 0.5) is 5.69 Å². The predicted octanol–water partition coefficient (Wildman–Crippen LogP) is 15.0. The molecule has 0 spiro atoms. The Morgan fingerprint density at radius 2 is 0.875 bits per heavy atom. The minimum Gasteiger partial charge on any atom is -0.252 e. The number of fused-ring (bicyclic) bond motifs is 4. The Labute approximate surface area is 327 Å². The van der Waals surface area contributed by atoms with Gasteiger partial charge in [-0.25, -0.2) is 0 Å². The van der Waals surface area contributed by atoms with Crippen LogP contribution in [0.3, 0.4) is 0 Å². The fourth-order valence-electron chi connectivity index (χ4n) is 8.35. The largest absolute Gasteiger partial charge is 0.252 e. The van der Waals surface area contributed by atoms with Crippen LogP contribution in [-0.4, -0.2) is 5.71 Å². The summed E-state index contributed by atoms with van der Waals surface area (Å²) in [5.41, 5.74) is 13.0. The second-order valence-electron chi connectivity index (χ2n) is 14.8. The molecule has 56 heavy (non-hydrogen) atoms. The van der Waals surface area contributed by atoms with Gasteiger partial charge >= 0.3 is 0 Å². The molecule has 0 aliphatic heterocycles. The van der Waals surface area contributed by atoms with Gasteiger partial charge in [-0.2, -0.15) is 0 Å². The van der Waals surface area contributed by atoms with Crippen molar-refractivity contribution in [2.45, 2.75) is 13.3 Å². The first-order chi connectivity index (χ1) is 27.7. The summed E-state index contributed by atoms with van der Waals surface area (Å²) >= 11 is 0. The number of aliphatic imine (C=N–C) groups is 1. The quantitative estimate of drug-likeness (QED) is 0.115. The van der Waals surface area contributed by atoms with Crippen LogP contribution in [0.25, 0.3) is 76.5 Å². The highest BCUT2D eigenvalue weighted by Gasteiger charge is 2.18. The van der Waals surface area contributed by atoms with Gasteiger partial charge in [-0.3, -0.25) is 4.99 Å². The summed E-state index contributed by atoms with van der Waals surface area (Å²) in [7, 11) is 0. The van der Waals surface area contributed by atoms with Crippen LogP contribution >= 0.6 is 0 Å². The molecule has 1 nitrogen and oxygen atoms in total. The van der Waals surface area contributed by atoms with Crippen LogP contribution in [0.1, 0.15) is 16.7 Å². The van der Waals surface area contributed by atoms with E-state index >= 15 is 0 Å². The Morgan fingerprint density at radius 1 is 0.375 bits per heavy atom. The van der Waals surface area contributed by atoms with Crippen molar-refractivity contribution in [1.29, 1.82) is 0 Å². The van der Waals surface area contributed by atoms with E-state index in [2.05, 4.69) is 213 Å². The first-order valence-corrected chi connectivity index (χ1v) is 19.4. The van der Waals surface area contributed by atoms with Crippen LogP contribution in [-0.2, 0) is 6.42 Å². The van der Waals surface area contributed by atoms with Gasteiger partial charge in [0.15, 0.2) is 0 Å². The highest BCUT2D eigenvalue weighted by molar-refractivity contribution is 6.22. The molecule has 0 aliphatic carbocycles. The van der Waals surface area contributed by atoms with E-state index in [1.807, 2.05) is 0 Å². The third kappa shape index (κ3) is 6.24. The van der Waals surface area contributed by atoms with E-state index < -0.39 is 0 Å². The zero-order valence-electron chi connectivity index (χ0n) is 31.3. The van der Waals surface area contributed by atoms with E-state index in [1.54, 1.807) is 0 Å². The molecule has 0 heterocycles. The first kappa shape index (κ1) is 33.5. The van der Waals surface area contributed by atoms with Crippen molar-refractivity contribution in [3.05, 3.63) is 223 Å². The normalized spacial score (nSPS) is 11.8. The summed E-state index contributed by atoms with van der Waals surface area (Å²) in [5.74, 6) is 0. The van der Waals surface area contributed by atoms with E-state index in [1.165, 1.54) is 87.6 Å². The second kappa shape index (κ2) is 14.3. The summed E-state index contributed by atoms with van der Waals surface area (Å²) in [6.07, 6.45) is 0.754. The second-order valence-corrected chi connectivity index (χ2v) is 14.8. The highest BCUT2D eigenvalue weighted by Crippen LogP contribution is 2.45. The summed E-state index contributed by atoms with van der Waals surface area (Å²) in [4.78, 5) is 5.24. The van der Waals surface area contributed by atoms with Gasteiger partial charge in [-0.05, 0) is 124 Å². The van der Waals surface area contributed by atoms with Crippen LogP contribution in [0.15, 0.2) is 211 Å². The van der Waals surface area contributed by atoms with Crippen molar-refractivity contribution in [2.75, 3.05) is 0 Å². The van der Waals surface area contributed by atoms with Gasteiger partial charge < -0.3 is 0 Å². The standard InChI is InChI=1S/C55H39N/c1-37-13-5-12-22-52(37)56-53(33-38-14-3-2-4-15-38)42-27-23-41(24-28-42)45-31-32-50-51(36-45)55(47-30-26-40-17-7-9-19-44(40)35-47)49-21-11-10-20-48(49)54(50)46-29-25-39-16-6-8-18-43(39)34-46/h2-32,34-36H,33H2,1H3/b56-53+. The summed E-state index contributed by atoms with van der Waals surface area (Å²) < 4.78 is 0. The lowest BCUT2D eigenvalue weighted by molar-refractivity contribution is 1.29. The smallest absolute Gasteiger partial charge is 0.0662 e. The number of rotatable bonds is 7. The summed E-state index contributed by atoms with van der Waals surface area (Å²) in [6, 6.07) is 75.1. The number of aryl methyl sites for hydroxylation is 1. The van der Waals surface area contributed by atoms with Crippen LogP contribution in [0, 0.1) is 6.92 Å². The zero-order chi connectivity index (χ0) is 37.4. The molecular weight excluding hydrogens is 675 g/mol. The lowest BCUT2D eigenvalue weighted by Crippen LogP contribution is -2.05. The Hall–Kier alpha value is -7.09. The number of hydrogen-bond acceptors (Lipinski definition) is 1. The van der Waals surface area contributed by atoms with Crippen molar-refractivity contribution in [2.24, 2.45) is 4.99 Å². The maximum Gasteiger partial charge on any atom is 0.0662 e. The van der Waals surface area contributed by atoms with Gasteiger partial charge in [0, 0.05) is 6.42 Å². The summed E-state index contributed by atoms with van der Waals surface area (Å²) in [6.45, 7) is 2.13. The monoisotopic (exact) mass is 713 g/mol. The maximum absolute atomic E-state index is 5.24. The predicted molar refractivity (Wildman–Crippen MR) is 240 cm³/mol. The Bertz CT molecular complexity index is 3100. The molecular formula is C55H39N. The highest BCUT2D eigenvalue weighted by atomic mass is 14.8. The van der Waals surface area contributed by atoms with Gasteiger partial charge in [0.1, 0.15) is 0 Å². The Balaban J connectivity index is 1.16. The van der Waals surface area contributed by atoms with Gasteiger partial charge in [-0.15, -0.1) is 0 Å². The molecule has 1 heteroatoms. The first-order valence-electron chi connectivity index (χ1n) is 19.4. The molecule has 0 radical (unpaired) electrons. The van der Waals surface area contributed by atoms with E-state index in [0.717, 1.165) is 23.4 Å². The van der Waals surface area contributed by atoms with E-state index in [9.17, 15) is 0 Å². The molecule has 0 bridgehead atoms. The average Bonchev–Trinajstić information content (AvgIpc) is 3.26.